The topological polar surface area (TPSA) is 75.7 Å². The fraction of sp³-hybridized carbons (Fsp3) is 0.500. The fourth-order valence-corrected chi connectivity index (χ4v) is 0.540. The summed E-state index contributed by atoms with van der Waals surface area (Å²) in [5.74, 6) is 0. The second-order valence-corrected chi connectivity index (χ2v) is 2.32. The van der Waals surface area contributed by atoms with Crippen LogP contribution in [0.5, 0.6) is 0 Å². The SMILES string of the molecule is C=COCCOS(=O)(=O)[O-]. The van der Waals surface area contributed by atoms with E-state index in [1.54, 1.807) is 0 Å². The molecule has 5 nitrogen and oxygen atoms in total. The molecule has 0 N–H and O–H groups in total. The highest BCUT2D eigenvalue weighted by Gasteiger charge is 1.91. The molecule has 0 rings (SSSR count). The number of hydrogen-bond acceptors (Lipinski definition) is 5. The average Bonchev–Trinajstić information content (AvgIpc) is 1.78. The first kappa shape index (κ1) is 9.41. The summed E-state index contributed by atoms with van der Waals surface area (Å²) in [7, 11) is -4.57. The Morgan fingerprint density at radius 1 is 1.50 bits per heavy atom. The summed E-state index contributed by atoms with van der Waals surface area (Å²) in [5, 5.41) is 0. The number of rotatable bonds is 5. The molecule has 0 aromatic carbocycles. The molecular weight excluding hydrogens is 160 g/mol. The Morgan fingerprint density at radius 3 is 2.50 bits per heavy atom. The second-order valence-electron chi connectivity index (χ2n) is 1.27. The lowest BCUT2D eigenvalue weighted by atomic mass is 10.8. The van der Waals surface area contributed by atoms with Crippen molar-refractivity contribution < 1.29 is 21.9 Å². The van der Waals surface area contributed by atoms with Gasteiger partial charge in [0, 0.05) is 0 Å². The molecule has 0 spiro atoms. The summed E-state index contributed by atoms with van der Waals surface area (Å²) in [6, 6.07) is 0. The van der Waals surface area contributed by atoms with Crippen molar-refractivity contribution in [1.29, 1.82) is 0 Å². The van der Waals surface area contributed by atoms with Crippen molar-refractivity contribution in [3.8, 4) is 0 Å². The van der Waals surface area contributed by atoms with Crippen LogP contribution in [0.4, 0.5) is 0 Å². The van der Waals surface area contributed by atoms with Gasteiger partial charge < -0.3 is 9.29 Å². The Labute approximate surface area is 59.2 Å². The molecule has 0 bridgehead atoms. The van der Waals surface area contributed by atoms with Crippen LogP contribution in [0.1, 0.15) is 0 Å². The van der Waals surface area contributed by atoms with Gasteiger partial charge in [-0.05, 0) is 0 Å². The van der Waals surface area contributed by atoms with Gasteiger partial charge in [-0.15, -0.1) is 0 Å². The van der Waals surface area contributed by atoms with Gasteiger partial charge in [-0.1, -0.05) is 6.58 Å². The van der Waals surface area contributed by atoms with Gasteiger partial charge in [0.15, 0.2) is 0 Å². The van der Waals surface area contributed by atoms with Crippen molar-refractivity contribution in [3.63, 3.8) is 0 Å². The molecule has 0 atom stereocenters. The van der Waals surface area contributed by atoms with Crippen LogP contribution < -0.4 is 0 Å². The quantitative estimate of drug-likeness (QED) is 0.241. The normalized spacial score (nSPS) is 10.9. The zero-order chi connectivity index (χ0) is 8.04. The Bertz CT molecular complexity index is 182. The maximum atomic E-state index is 9.74. The van der Waals surface area contributed by atoms with Crippen LogP contribution in [0.15, 0.2) is 12.8 Å². The lowest BCUT2D eigenvalue weighted by molar-refractivity contribution is 0.168. The van der Waals surface area contributed by atoms with Crippen LogP contribution in [0.3, 0.4) is 0 Å². The number of ether oxygens (including phenoxy) is 1. The Balaban J connectivity index is 3.29. The third kappa shape index (κ3) is 7.41. The lowest BCUT2D eigenvalue weighted by Gasteiger charge is -2.05. The predicted molar refractivity (Wildman–Crippen MR) is 31.8 cm³/mol. The molecule has 0 aliphatic rings. The minimum atomic E-state index is -4.57. The van der Waals surface area contributed by atoms with Gasteiger partial charge >= 0.3 is 0 Å². The van der Waals surface area contributed by atoms with E-state index < -0.39 is 10.4 Å². The van der Waals surface area contributed by atoms with E-state index in [0.717, 1.165) is 6.26 Å². The number of hydrogen-bond donors (Lipinski definition) is 0. The van der Waals surface area contributed by atoms with Gasteiger partial charge in [0.2, 0.25) is 10.4 Å². The van der Waals surface area contributed by atoms with Crippen LogP contribution in [0, 0.1) is 0 Å². The highest BCUT2D eigenvalue weighted by Crippen LogP contribution is 1.85. The van der Waals surface area contributed by atoms with Crippen LogP contribution in [-0.2, 0) is 19.3 Å². The molecule has 10 heavy (non-hydrogen) atoms. The molecule has 0 radical (unpaired) electrons. The van der Waals surface area contributed by atoms with E-state index in [1.807, 2.05) is 0 Å². The first-order chi connectivity index (χ1) is 4.56. The van der Waals surface area contributed by atoms with Crippen molar-refractivity contribution >= 4 is 10.4 Å². The van der Waals surface area contributed by atoms with E-state index in [4.69, 9.17) is 0 Å². The summed E-state index contributed by atoms with van der Waals surface area (Å²) in [4.78, 5) is 0. The molecule has 6 heteroatoms. The highest BCUT2D eigenvalue weighted by molar-refractivity contribution is 7.80. The van der Waals surface area contributed by atoms with Crippen LogP contribution in [0.2, 0.25) is 0 Å². The van der Waals surface area contributed by atoms with Gasteiger partial charge in [-0.2, -0.15) is 0 Å². The molecule has 0 aromatic rings. The van der Waals surface area contributed by atoms with E-state index >= 15 is 0 Å². The standard InChI is InChI=1S/C4H8O5S/c1-2-8-3-4-9-10(5,6)7/h2H,1,3-4H2,(H,5,6,7)/p-1. The van der Waals surface area contributed by atoms with Gasteiger partial charge in [0.25, 0.3) is 0 Å². The summed E-state index contributed by atoms with van der Waals surface area (Å²) in [5.41, 5.74) is 0. The van der Waals surface area contributed by atoms with E-state index in [2.05, 4.69) is 15.5 Å². The molecule has 0 saturated heterocycles. The van der Waals surface area contributed by atoms with Crippen molar-refractivity contribution in [2.75, 3.05) is 13.2 Å². The highest BCUT2D eigenvalue weighted by atomic mass is 32.3. The smallest absolute Gasteiger partial charge is 0.217 e. The van der Waals surface area contributed by atoms with Crippen LogP contribution in [0.25, 0.3) is 0 Å². The minimum absolute atomic E-state index is 0.00493. The van der Waals surface area contributed by atoms with E-state index in [1.165, 1.54) is 0 Å². The zero-order valence-electron chi connectivity index (χ0n) is 5.15. The minimum Gasteiger partial charge on any atom is -0.726 e. The van der Waals surface area contributed by atoms with Gasteiger partial charge in [0.05, 0.1) is 12.9 Å². The van der Waals surface area contributed by atoms with Crippen LogP contribution >= 0.6 is 0 Å². The van der Waals surface area contributed by atoms with Gasteiger partial charge in [-0.3, -0.25) is 4.18 Å². The fourth-order valence-electron chi connectivity index (χ4n) is 0.268. The maximum absolute atomic E-state index is 9.74. The molecule has 0 unspecified atom stereocenters. The largest absolute Gasteiger partial charge is 0.726 e. The predicted octanol–water partition coefficient (Wildman–Crippen LogP) is -0.377. The Kier molecular flexibility index (Phi) is 4.01. The molecule has 0 heterocycles. The van der Waals surface area contributed by atoms with Gasteiger partial charge in [-0.25, -0.2) is 8.42 Å². The van der Waals surface area contributed by atoms with Crippen molar-refractivity contribution in [1.82, 2.24) is 0 Å². The third-order valence-electron chi connectivity index (χ3n) is 0.547. The summed E-state index contributed by atoms with van der Waals surface area (Å²) in [6.45, 7) is 2.91. The average molecular weight is 167 g/mol. The maximum Gasteiger partial charge on any atom is 0.217 e. The molecule has 0 aliphatic heterocycles. The zero-order valence-corrected chi connectivity index (χ0v) is 5.96. The summed E-state index contributed by atoms with van der Waals surface area (Å²) >= 11 is 0. The van der Waals surface area contributed by atoms with E-state index in [-0.39, 0.29) is 13.2 Å². The first-order valence-electron chi connectivity index (χ1n) is 2.39. The van der Waals surface area contributed by atoms with Crippen molar-refractivity contribution in [2.24, 2.45) is 0 Å². The molecule has 0 fully saturated rings. The molecule has 0 aliphatic carbocycles. The Morgan fingerprint density at radius 2 is 2.10 bits per heavy atom. The molecular formula is C4H7O5S-. The van der Waals surface area contributed by atoms with Crippen LogP contribution in [-0.4, -0.2) is 26.2 Å². The summed E-state index contributed by atoms with van der Waals surface area (Å²) < 4.78 is 37.4. The molecule has 60 valence electrons. The van der Waals surface area contributed by atoms with E-state index in [0.29, 0.717) is 0 Å². The third-order valence-corrected chi connectivity index (χ3v) is 1.00. The van der Waals surface area contributed by atoms with Gasteiger partial charge in [0.1, 0.15) is 6.61 Å². The Hall–Kier alpha value is -0.590. The first-order valence-corrected chi connectivity index (χ1v) is 3.72. The van der Waals surface area contributed by atoms with Crippen molar-refractivity contribution in [2.45, 2.75) is 0 Å². The molecule has 0 amide bonds. The van der Waals surface area contributed by atoms with E-state index in [9.17, 15) is 13.0 Å². The summed E-state index contributed by atoms with van der Waals surface area (Å²) in [6.07, 6.45) is 1.13. The second kappa shape index (κ2) is 4.26. The molecule has 0 aromatic heterocycles. The molecule has 0 saturated carbocycles. The van der Waals surface area contributed by atoms with Crippen molar-refractivity contribution in [3.05, 3.63) is 12.8 Å². The monoisotopic (exact) mass is 167 g/mol. The lowest BCUT2D eigenvalue weighted by Crippen LogP contribution is -2.08.